The first-order valence-electron chi connectivity index (χ1n) is 4.59. The van der Waals surface area contributed by atoms with Gasteiger partial charge in [-0.15, -0.1) is 0 Å². The van der Waals surface area contributed by atoms with Gasteiger partial charge in [-0.25, -0.2) is 0 Å². The molecule has 0 amide bonds. The van der Waals surface area contributed by atoms with Crippen molar-refractivity contribution in [1.29, 1.82) is 0 Å². The van der Waals surface area contributed by atoms with Crippen molar-refractivity contribution in [1.82, 2.24) is 5.32 Å². The van der Waals surface area contributed by atoms with Crippen LogP contribution < -0.4 is 5.32 Å². The van der Waals surface area contributed by atoms with E-state index in [4.69, 9.17) is 0 Å². The zero-order valence-corrected chi connectivity index (χ0v) is 9.00. The van der Waals surface area contributed by atoms with Gasteiger partial charge in [0.2, 0.25) is 0 Å². The standard InChI is InChI=1S/C9H18N2S/c1-4-5-6-10-8-11-9(2,3)7-12-8/h4-7H2,1-3H3,(H,10,11). The summed E-state index contributed by atoms with van der Waals surface area (Å²) in [6.07, 6.45) is 2.43. The number of hydrogen-bond donors (Lipinski definition) is 1. The van der Waals surface area contributed by atoms with Gasteiger partial charge in [0, 0.05) is 17.8 Å². The van der Waals surface area contributed by atoms with Crippen LogP contribution in [0.25, 0.3) is 0 Å². The minimum atomic E-state index is 0.246. The maximum Gasteiger partial charge on any atom is 0.157 e. The molecule has 1 N–H and O–H groups in total. The molecular weight excluding hydrogens is 168 g/mol. The van der Waals surface area contributed by atoms with Crippen LogP contribution >= 0.6 is 11.8 Å². The number of rotatable bonds is 3. The quantitative estimate of drug-likeness (QED) is 0.684. The van der Waals surface area contributed by atoms with E-state index in [-0.39, 0.29) is 5.54 Å². The van der Waals surface area contributed by atoms with Crippen LogP contribution in [0.2, 0.25) is 0 Å². The number of aliphatic imine (C=N–C) groups is 1. The summed E-state index contributed by atoms with van der Waals surface area (Å²) in [5.74, 6) is 1.14. The fourth-order valence-electron chi connectivity index (χ4n) is 1.03. The lowest BCUT2D eigenvalue weighted by molar-refractivity contribution is 0.536. The molecule has 0 unspecified atom stereocenters. The van der Waals surface area contributed by atoms with Crippen molar-refractivity contribution in [2.45, 2.75) is 39.2 Å². The van der Waals surface area contributed by atoms with Gasteiger partial charge in [-0.2, -0.15) is 0 Å². The Morgan fingerprint density at radius 1 is 1.58 bits per heavy atom. The van der Waals surface area contributed by atoms with Crippen molar-refractivity contribution >= 4 is 16.9 Å². The van der Waals surface area contributed by atoms with Crippen LogP contribution in [0.4, 0.5) is 0 Å². The molecule has 0 saturated carbocycles. The molecule has 0 spiro atoms. The van der Waals surface area contributed by atoms with E-state index in [0.29, 0.717) is 0 Å². The molecule has 3 heteroatoms. The second kappa shape index (κ2) is 4.17. The Bertz CT molecular complexity index is 175. The fraction of sp³-hybridized carbons (Fsp3) is 0.889. The Hall–Kier alpha value is -0.180. The highest BCUT2D eigenvalue weighted by Gasteiger charge is 2.26. The maximum atomic E-state index is 4.48. The van der Waals surface area contributed by atoms with Gasteiger partial charge in [-0.3, -0.25) is 4.99 Å². The lowest BCUT2D eigenvalue weighted by atomic mass is 10.1. The molecule has 1 rings (SSSR count). The molecule has 1 aliphatic heterocycles. The van der Waals surface area contributed by atoms with Crippen LogP contribution in [0.15, 0.2) is 4.99 Å². The van der Waals surface area contributed by atoms with E-state index in [1.165, 1.54) is 12.8 Å². The van der Waals surface area contributed by atoms with E-state index in [1.807, 2.05) is 11.8 Å². The molecule has 70 valence electrons. The summed E-state index contributed by atoms with van der Waals surface area (Å²) in [6, 6.07) is 0. The summed E-state index contributed by atoms with van der Waals surface area (Å²) in [4.78, 5) is 4.48. The molecule has 0 aromatic heterocycles. The molecule has 1 saturated heterocycles. The first-order valence-corrected chi connectivity index (χ1v) is 5.58. The predicted octanol–water partition coefficient (Wildman–Crippen LogP) is 2.26. The summed E-state index contributed by atoms with van der Waals surface area (Å²) in [6.45, 7) is 7.59. The molecule has 2 nitrogen and oxygen atoms in total. The summed E-state index contributed by atoms with van der Waals surface area (Å²) < 4.78 is 0. The van der Waals surface area contributed by atoms with Crippen molar-refractivity contribution in [3.8, 4) is 0 Å². The first kappa shape index (κ1) is 9.90. The Balaban J connectivity index is 2.31. The molecular formula is C9H18N2S. The molecule has 1 heterocycles. The minimum absolute atomic E-state index is 0.246. The monoisotopic (exact) mass is 186 g/mol. The third-order valence-corrected chi connectivity index (χ3v) is 3.15. The topological polar surface area (TPSA) is 24.4 Å². The van der Waals surface area contributed by atoms with Crippen LogP contribution in [-0.4, -0.2) is 23.0 Å². The third-order valence-electron chi connectivity index (χ3n) is 1.78. The molecule has 0 atom stereocenters. The van der Waals surface area contributed by atoms with Gasteiger partial charge in [-0.1, -0.05) is 25.1 Å². The molecule has 0 aromatic rings. The van der Waals surface area contributed by atoms with E-state index in [1.54, 1.807) is 0 Å². The summed E-state index contributed by atoms with van der Waals surface area (Å²) >= 11 is 1.84. The molecule has 0 bridgehead atoms. The zero-order chi connectivity index (χ0) is 9.03. The molecule has 12 heavy (non-hydrogen) atoms. The van der Waals surface area contributed by atoms with Crippen LogP contribution in [0.3, 0.4) is 0 Å². The highest BCUT2D eigenvalue weighted by molar-refractivity contribution is 8.14. The lowest BCUT2D eigenvalue weighted by Gasteiger charge is -2.15. The normalized spacial score (nSPS) is 24.4. The number of nitrogens with zero attached hydrogens (tertiary/aromatic N) is 1. The van der Waals surface area contributed by atoms with Gasteiger partial charge in [0.1, 0.15) is 0 Å². The Morgan fingerprint density at radius 2 is 2.33 bits per heavy atom. The van der Waals surface area contributed by atoms with Gasteiger partial charge in [-0.05, 0) is 20.3 Å². The molecule has 0 aliphatic carbocycles. The minimum Gasteiger partial charge on any atom is -0.359 e. The van der Waals surface area contributed by atoms with Crippen LogP contribution in [0.5, 0.6) is 0 Å². The number of nitrogens with one attached hydrogen (secondary N) is 1. The van der Waals surface area contributed by atoms with Crippen molar-refractivity contribution in [3.05, 3.63) is 0 Å². The van der Waals surface area contributed by atoms with E-state index >= 15 is 0 Å². The van der Waals surface area contributed by atoms with Gasteiger partial charge < -0.3 is 5.32 Å². The largest absolute Gasteiger partial charge is 0.359 e. The van der Waals surface area contributed by atoms with E-state index in [0.717, 1.165) is 17.5 Å². The van der Waals surface area contributed by atoms with Gasteiger partial charge in [0.25, 0.3) is 0 Å². The number of thioether (sulfide) groups is 1. The van der Waals surface area contributed by atoms with Gasteiger partial charge in [0.05, 0.1) is 0 Å². The first-order chi connectivity index (χ1) is 5.64. The highest BCUT2D eigenvalue weighted by Crippen LogP contribution is 2.21. The number of hydrogen-bond acceptors (Lipinski definition) is 2. The van der Waals surface area contributed by atoms with Crippen molar-refractivity contribution in [3.63, 3.8) is 0 Å². The van der Waals surface area contributed by atoms with E-state index in [9.17, 15) is 0 Å². The average Bonchev–Trinajstić information content (AvgIpc) is 2.31. The van der Waals surface area contributed by atoms with Crippen LogP contribution in [0, 0.1) is 0 Å². The Morgan fingerprint density at radius 3 is 2.83 bits per heavy atom. The second-order valence-electron chi connectivity index (χ2n) is 3.84. The summed E-state index contributed by atoms with van der Waals surface area (Å²) in [7, 11) is 0. The molecule has 1 aliphatic rings. The smallest absolute Gasteiger partial charge is 0.157 e. The SMILES string of the molecule is CCCCN=C1NC(C)(C)CS1. The Labute approximate surface area is 79.2 Å². The maximum absolute atomic E-state index is 4.48. The van der Waals surface area contributed by atoms with Crippen LogP contribution in [-0.2, 0) is 0 Å². The summed E-state index contributed by atoms with van der Waals surface area (Å²) in [5, 5.41) is 4.53. The fourth-order valence-corrected chi connectivity index (χ4v) is 2.14. The summed E-state index contributed by atoms with van der Waals surface area (Å²) in [5.41, 5.74) is 0.246. The zero-order valence-electron chi connectivity index (χ0n) is 8.18. The lowest BCUT2D eigenvalue weighted by Crippen LogP contribution is -2.36. The third kappa shape index (κ3) is 3.05. The van der Waals surface area contributed by atoms with E-state index < -0.39 is 0 Å². The number of amidine groups is 1. The molecule has 1 fully saturated rings. The molecule has 0 radical (unpaired) electrons. The molecule has 0 aromatic carbocycles. The van der Waals surface area contributed by atoms with Crippen molar-refractivity contribution in [2.24, 2.45) is 4.99 Å². The van der Waals surface area contributed by atoms with Crippen LogP contribution in [0.1, 0.15) is 33.6 Å². The Kier molecular flexibility index (Phi) is 3.44. The predicted molar refractivity (Wildman–Crippen MR) is 56.9 cm³/mol. The average molecular weight is 186 g/mol. The highest BCUT2D eigenvalue weighted by atomic mass is 32.2. The van der Waals surface area contributed by atoms with Gasteiger partial charge in [0.15, 0.2) is 5.17 Å². The van der Waals surface area contributed by atoms with Gasteiger partial charge >= 0.3 is 0 Å². The second-order valence-corrected chi connectivity index (χ2v) is 4.80. The van der Waals surface area contributed by atoms with Crippen molar-refractivity contribution < 1.29 is 0 Å². The number of unbranched alkanes of at least 4 members (excludes halogenated alkanes) is 1. The van der Waals surface area contributed by atoms with E-state index in [2.05, 4.69) is 31.1 Å². The van der Waals surface area contributed by atoms with Crippen molar-refractivity contribution in [2.75, 3.05) is 12.3 Å².